The van der Waals surface area contributed by atoms with Gasteiger partial charge in [0.15, 0.2) is 0 Å². The second-order valence-corrected chi connectivity index (χ2v) is 8.89. The van der Waals surface area contributed by atoms with Gasteiger partial charge in [0.25, 0.3) is 0 Å². The number of fused-ring (bicyclic) bond motifs is 1. The van der Waals surface area contributed by atoms with Crippen molar-refractivity contribution in [2.75, 3.05) is 7.11 Å². The number of aliphatic carboxylic acids is 1. The number of amides is 1. The molecule has 7 heteroatoms. The van der Waals surface area contributed by atoms with Crippen LogP contribution in [0.2, 0.25) is 0 Å². The minimum atomic E-state index is -0.839. The number of hydrogen-bond acceptors (Lipinski definition) is 5. The Hall–Kier alpha value is -3.35. The molecule has 0 fully saturated rings. The van der Waals surface area contributed by atoms with Crippen molar-refractivity contribution in [3.05, 3.63) is 59.2 Å². The molecule has 7 nitrogen and oxygen atoms in total. The van der Waals surface area contributed by atoms with Gasteiger partial charge in [-0.15, -0.1) is 0 Å². The van der Waals surface area contributed by atoms with Crippen LogP contribution in [-0.4, -0.2) is 46.8 Å². The number of esters is 1. The van der Waals surface area contributed by atoms with Gasteiger partial charge < -0.3 is 14.6 Å². The first-order valence-corrected chi connectivity index (χ1v) is 10.6. The zero-order chi connectivity index (χ0) is 23.5. The number of aryl methyl sites for hydroxylation is 1. The van der Waals surface area contributed by atoms with Crippen LogP contribution in [0.3, 0.4) is 0 Å². The van der Waals surface area contributed by atoms with Crippen molar-refractivity contribution in [3.8, 4) is 11.1 Å². The standard InChI is InChI=1S/C25H29NO6/c1-25(2,3)32-24(30)26-15-20-18(14-21(26)23(29)31-4)9-6-10-19(20)17-8-5-7-16(13-17)11-12-22(27)28/h5-10,13,21H,11-12,14-15H2,1-4H3,(H,27,28). The highest BCUT2D eigenvalue weighted by atomic mass is 16.6. The number of carbonyl (C=O) groups is 3. The molecule has 0 aromatic heterocycles. The van der Waals surface area contributed by atoms with E-state index in [2.05, 4.69) is 0 Å². The van der Waals surface area contributed by atoms with Crippen molar-refractivity contribution >= 4 is 18.0 Å². The second-order valence-electron chi connectivity index (χ2n) is 8.89. The van der Waals surface area contributed by atoms with Gasteiger partial charge >= 0.3 is 18.0 Å². The van der Waals surface area contributed by atoms with Crippen molar-refractivity contribution < 1.29 is 29.0 Å². The minimum absolute atomic E-state index is 0.0591. The third-order valence-corrected chi connectivity index (χ3v) is 5.36. The van der Waals surface area contributed by atoms with Crippen LogP contribution in [0, 0.1) is 0 Å². The lowest BCUT2D eigenvalue weighted by atomic mass is 9.87. The van der Waals surface area contributed by atoms with E-state index in [0.29, 0.717) is 12.8 Å². The van der Waals surface area contributed by atoms with Crippen molar-refractivity contribution in [1.29, 1.82) is 0 Å². The van der Waals surface area contributed by atoms with Crippen LogP contribution < -0.4 is 0 Å². The number of carboxylic acid groups (broad SMARTS) is 1. The van der Waals surface area contributed by atoms with Gasteiger partial charge in [-0.1, -0.05) is 42.5 Å². The van der Waals surface area contributed by atoms with Crippen LogP contribution in [0.1, 0.15) is 43.9 Å². The Morgan fingerprint density at radius 3 is 2.50 bits per heavy atom. The van der Waals surface area contributed by atoms with E-state index in [1.165, 1.54) is 12.0 Å². The summed E-state index contributed by atoms with van der Waals surface area (Å²) in [5.74, 6) is -1.32. The first-order chi connectivity index (χ1) is 15.1. The summed E-state index contributed by atoms with van der Waals surface area (Å²) in [7, 11) is 1.31. The molecule has 0 saturated carbocycles. The summed E-state index contributed by atoms with van der Waals surface area (Å²) >= 11 is 0. The molecular weight excluding hydrogens is 410 g/mol. The fourth-order valence-electron chi connectivity index (χ4n) is 3.89. The SMILES string of the molecule is COC(=O)C1Cc2cccc(-c3cccc(CCC(=O)O)c3)c2CN1C(=O)OC(C)(C)C. The van der Waals surface area contributed by atoms with Crippen molar-refractivity contribution in [1.82, 2.24) is 4.90 Å². The number of nitrogens with zero attached hydrogens (tertiary/aromatic N) is 1. The zero-order valence-corrected chi connectivity index (χ0v) is 18.9. The third-order valence-electron chi connectivity index (χ3n) is 5.36. The summed E-state index contributed by atoms with van der Waals surface area (Å²) in [6.45, 7) is 5.55. The number of benzene rings is 2. The fourth-order valence-corrected chi connectivity index (χ4v) is 3.89. The van der Waals surface area contributed by atoms with Crippen LogP contribution in [0.5, 0.6) is 0 Å². The van der Waals surface area contributed by atoms with Crippen LogP contribution in [0.25, 0.3) is 11.1 Å². The van der Waals surface area contributed by atoms with Gasteiger partial charge in [0.1, 0.15) is 11.6 Å². The van der Waals surface area contributed by atoms with Gasteiger partial charge in [0, 0.05) is 12.8 Å². The van der Waals surface area contributed by atoms with Gasteiger partial charge in [0.2, 0.25) is 0 Å². The Labute approximate surface area is 187 Å². The maximum Gasteiger partial charge on any atom is 0.411 e. The Morgan fingerprint density at radius 2 is 1.84 bits per heavy atom. The molecule has 0 spiro atoms. The van der Waals surface area contributed by atoms with E-state index in [1.54, 1.807) is 20.8 Å². The number of ether oxygens (including phenoxy) is 2. The smallest absolute Gasteiger partial charge is 0.411 e. The lowest BCUT2D eigenvalue weighted by Gasteiger charge is -2.37. The minimum Gasteiger partial charge on any atom is -0.481 e. The Kier molecular flexibility index (Phi) is 6.87. The number of rotatable bonds is 5. The highest BCUT2D eigenvalue weighted by Gasteiger charge is 2.38. The van der Waals surface area contributed by atoms with E-state index in [1.807, 2.05) is 42.5 Å². The zero-order valence-electron chi connectivity index (χ0n) is 18.9. The third kappa shape index (κ3) is 5.46. The molecule has 1 heterocycles. The van der Waals surface area contributed by atoms with Gasteiger partial charge in [-0.25, -0.2) is 9.59 Å². The molecule has 0 aliphatic carbocycles. The largest absolute Gasteiger partial charge is 0.481 e. The number of carboxylic acids is 1. The maximum absolute atomic E-state index is 12.9. The molecule has 2 aromatic carbocycles. The molecule has 2 aromatic rings. The number of hydrogen-bond donors (Lipinski definition) is 1. The summed E-state index contributed by atoms with van der Waals surface area (Å²) in [6.07, 6.45) is 0.257. The molecule has 1 amide bonds. The van der Waals surface area contributed by atoms with Gasteiger partial charge in [-0.3, -0.25) is 9.69 Å². The molecule has 1 atom stereocenters. The Balaban J connectivity index is 1.99. The quantitative estimate of drug-likeness (QED) is 0.702. The molecule has 1 unspecified atom stereocenters. The Morgan fingerprint density at radius 1 is 1.12 bits per heavy atom. The van der Waals surface area contributed by atoms with Gasteiger partial charge in [-0.05, 0) is 55.0 Å². The van der Waals surface area contributed by atoms with E-state index < -0.39 is 29.7 Å². The van der Waals surface area contributed by atoms with Gasteiger partial charge in [-0.2, -0.15) is 0 Å². The molecule has 32 heavy (non-hydrogen) atoms. The lowest BCUT2D eigenvalue weighted by molar-refractivity contribution is -0.147. The van der Waals surface area contributed by atoms with Crippen molar-refractivity contribution in [3.63, 3.8) is 0 Å². The second kappa shape index (κ2) is 9.42. The normalized spacial score (nSPS) is 15.6. The molecule has 0 radical (unpaired) electrons. The Bertz CT molecular complexity index is 1020. The van der Waals surface area contributed by atoms with Crippen molar-refractivity contribution in [2.45, 2.75) is 58.2 Å². The van der Waals surface area contributed by atoms with Crippen molar-refractivity contribution in [2.24, 2.45) is 0 Å². The summed E-state index contributed by atoms with van der Waals surface area (Å²) in [5, 5.41) is 8.98. The number of methoxy groups -OCH3 is 1. The van der Waals surface area contributed by atoms with E-state index >= 15 is 0 Å². The average molecular weight is 440 g/mol. The summed E-state index contributed by atoms with van der Waals surface area (Å²) in [4.78, 5) is 37.8. The lowest BCUT2D eigenvalue weighted by Crippen LogP contribution is -2.50. The predicted octanol–water partition coefficient (Wildman–Crippen LogP) is 4.21. The highest BCUT2D eigenvalue weighted by Crippen LogP contribution is 2.34. The molecular formula is C25H29NO6. The van der Waals surface area contributed by atoms with E-state index in [0.717, 1.165) is 27.8 Å². The average Bonchev–Trinajstić information content (AvgIpc) is 2.74. The molecule has 1 aliphatic heterocycles. The monoisotopic (exact) mass is 439 g/mol. The van der Waals surface area contributed by atoms with Crippen LogP contribution in [0.15, 0.2) is 42.5 Å². The topological polar surface area (TPSA) is 93.1 Å². The molecule has 0 saturated heterocycles. The first kappa shape index (κ1) is 23.3. The predicted molar refractivity (Wildman–Crippen MR) is 119 cm³/mol. The molecule has 3 rings (SSSR count). The van der Waals surface area contributed by atoms with E-state index in [4.69, 9.17) is 14.6 Å². The first-order valence-electron chi connectivity index (χ1n) is 10.6. The van der Waals surface area contributed by atoms with E-state index in [-0.39, 0.29) is 13.0 Å². The van der Waals surface area contributed by atoms with Crippen LogP contribution >= 0.6 is 0 Å². The van der Waals surface area contributed by atoms with E-state index in [9.17, 15) is 14.4 Å². The highest BCUT2D eigenvalue weighted by molar-refractivity contribution is 5.83. The van der Waals surface area contributed by atoms with Gasteiger partial charge in [0.05, 0.1) is 13.7 Å². The summed E-state index contributed by atoms with van der Waals surface area (Å²) in [6, 6.07) is 12.8. The maximum atomic E-state index is 12.9. The van der Waals surface area contributed by atoms with Crippen LogP contribution in [-0.2, 0) is 38.4 Å². The number of carbonyl (C=O) groups excluding carboxylic acids is 2. The molecule has 1 aliphatic rings. The molecule has 0 bridgehead atoms. The molecule has 170 valence electrons. The fraction of sp³-hybridized carbons (Fsp3) is 0.400. The summed E-state index contributed by atoms with van der Waals surface area (Å²) in [5.41, 5.74) is 4.01. The van der Waals surface area contributed by atoms with Crippen LogP contribution in [0.4, 0.5) is 4.79 Å². The summed E-state index contributed by atoms with van der Waals surface area (Å²) < 4.78 is 10.5. The molecule has 1 N–H and O–H groups in total.